The van der Waals surface area contributed by atoms with Crippen LogP contribution in [0.5, 0.6) is 0 Å². The summed E-state index contributed by atoms with van der Waals surface area (Å²) in [5, 5.41) is 2.87. The first-order valence-electron chi connectivity index (χ1n) is 9.94. The lowest BCUT2D eigenvalue weighted by molar-refractivity contribution is -0.140. The van der Waals surface area contributed by atoms with Crippen LogP contribution in [-0.4, -0.2) is 65.8 Å². The van der Waals surface area contributed by atoms with Gasteiger partial charge >= 0.3 is 0 Å². The number of nitrogens with one attached hydrogen (secondary N) is 1. The van der Waals surface area contributed by atoms with E-state index in [9.17, 15) is 14.4 Å². The summed E-state index contributed by atoms with van der Waals surface area (Å²) in [6.45, 7) is 7.28. The lowest BCUT2D eigenvalue weighted by atomic mass is 10.1. The second kappa shape index (κ2) is 10.9. The summed E-state index contributed by atoms with van der Waals surface area (Å²) in [5.41, 5.74) is 5.22. The highest BCUT2D eigenvalue weighted by Crippen LogP contribution is 2.31. The number of hydrogen-bond donors (Lipinski definition) is 2. The molecule has 156 valence electrons. The third-order valence-corrected chi connectivity index (χ3v) is 5.16. The summed E-state index contributed by atoms with van der Waals surface area (Å²) in [7, 11) is 0. The Balaban J connectivity index is 0.00000364. The van der Waals surface area contributed by atoms with Crippen molar-refractivity contribution in [2.45, 2.75) is 64.3 Å². The van der Waals surface area contributed by atoms with E-state index in [0.717, 1.165) is 32.1 Å². The van der Waals surface area contributed by atoms with Crippen molar-refractivity contribution >= 4 is 30.1 Å². The Kier molecular flexibility index (Phi) is 9.53. The summed E-state index contributed by atoms with van der Waals surface area (Å²) in [6.07, 6.45) is 5.29. The van der Waals surface area contributed by atoms with E-state index in [-0.39, 0.29) is 30.1 Å². The van der Waals surface area contributed by atoms with Gasteiger partial charge in [0, 0.05) is 45.6 Å². The predicted octanol–water partition coefficient (Wildman–Crippen LogP) is 1.29. The van der Waals surface area contributed by atoms with Crippen LogP contribution in [0.3, 0.4) is 0 Å². The molecule has 0 aromatic rings. The highest BCUT2D eigenvalue weighted by Gasteiger charge is 2.45. The van der Waals surface area contributed by atoms with Crippen molar-refractivity contribution in [1.29, 1.82) is 0 Å². The lowest BCUT2D eigenvalue weighted by Gasteiger charge is -2.35. The smallest absolute Gasteiger partial charge is 0.240 e. The second-order valence-corrected chi connectivity index (χ2v) is 8.08. The number of nitrogens with two attached hydrogens (primary N) is 1. The summed E-state index contributed by atoms with van der Waals surface area (Å²) in [6, 6.07) is 0. The van der Waals surface area contributed by atoms with E-state index in [2.05, 4.69) is 5.32 Å². The molecule has 0 unspecified atom stereocenters. The largest absolute Gasteiger partial charge is 0.355 e. The molecule has 2 fully saturated rings. The Morgan fingerprint density at radius 2 is 1.52 bits per heavy atom. The predicted molar refractivity (Wildman–Crippen MR) is 107 cm³/mol. The van der Waals surface area contributed by atoms with Gasteiger partial charge in [-0.2, -0.15) is 0 Å². The van der Waals surface area contributed by atoms with Crippen LogP contribution in [0.25, 0.3) is 0 Å². The number of amides is 3. The van der Waals surface area contributed by atoms with E-state index >= 15 is 0 Å². The van der Waals surface area contributed by atoms with Gasteiger partial charge < -0.3 is 20.9 Å². The van der Waals surface area contributed by atoms with Crippen molar-refractivity contribution in [3.05, 3.63) is 0 Å². The molecule has 1 saturated carbocycles. The first-order chi connectivity index (χ1) is 12.3. The number of piperazine rings is 1. The molecule has 0 radical (unpaired) electrons. The molecule has 1 saturated heterocycles. The molecule has 0 bridgehead atoms. The maximum absolute atomic E-state index is 12.3. The molecule has 3 N–H and O–H groups in total. The lowest BCUT2D eigenvalue weighted by Crippen LogP contribution is -2.50. The minimum Gasteiger partial charge on any atom is -0.355 e. The molecule has 0 aromatic heterocycles. The zero-order valence-electron chi connectivity index (χ0n) is 16.7. The van der Waals surface area contributed by atoms with Crippen LogP contribution in [0.15, 0.2) is 0 Å². The fraction of sp³-hybridized carbons (Fsp3) is 0.842. The third kappa shape index (κ3) is 7.66. The van der Waals surface area contributed by atoms with Crippen LogP contribution in [-0.2, 0) is 14.4 Å². The molecular formula is C19H35ClN4O3. The van der Waals surface area contributed by atoms with Crippen molar-refractivity contribution in [2.24, 2.45) is 11.7 Å². The summed E-state index contributed by atoms with van der Waals surface area (Å²) < 4.78 is 0. The van der Waals surface area contributed by atoms with Gasteiger partial charge in [0.1, 0.15) is 0 Å². The van der Waals surface area contributed by atoms with Gasteiger partial charge in [0.15, 0.2) is 0 Å². The van der Waals surface area contributed by atoms with Gasteiger partial charge in [-0.05, 0) is 31.6 Å². The Bertz CT molecular complexity index is 515. The van der Waals surface area contributed by atoms with Crippen molar-refractivity contribution in [1.82, 2.24) is 15.1 Å². The molecule has 8 heteroatoms. The fourth-order valence-electron chi connectivity index (χ4n) is 3.16. The zero-order chi connectivity index (χ0) is 19.2. The van der Waals surface area contributed by atoms with E-state index in [1.165, 1.54) is 0 Å². The molecule has 0 aromatic carbocycles. The maximum atomic E-state index is 12.3. The maximum Gasteiger partial charge on any atom is 0.240 e. The second-order valence-electron chi connectivity index (χ2n) is 8.08. The zero-order valence-corrected chi connectivity index (χ0v) is 17.5. The quantitative estimate of drug-likeness (QED) is 0.568. The molecule has 27 heavy (non-hydrogen) atoms. The van der Waals surface area contributed by atoms with Crippen molar-refractivity contribution < 1.29 is 14.4 Å². The molecule has 0 spiro atoms. The van der Waals surface area contributed by atoms with Crippen LogP contribution >= 0.6 is 12.4 Å². The Labute approximate surface area is 168 Å². The molecule has 7 nitrogen and oxygen atoms in total. The summed E-state index contributed by atoms with van der Waals surface area (Å²) in [4.78, 5) is 39.7. The number of nitrogens with zero attached hydrogens (tertiary/aromatic N) is 2. The minimum atomic E-state index is -0.603. The number of rotatable bonds is 9. The van der Waals surface area contributed by atoms with Crippen LogP contribution in [0.2, 0.25) is 0 Å². The molecule has 1 aliphatic heterocycles. The van der Waals surface area contributed by atoms with E-state index in [1.807, 2.05) is 23.6 Å². The highest BCUT2D eigenvalue weighted by molar-refractivity contribution is 5.88. The monoisotopic (exact) mass is 402 g/mol. The number of carbonyl (C=O) groups excluding carboxylic acids is 3. The molecule has 3 amide bonds. The normalized spacial score (nSPS) is 18.1. The first-order valence-corrected chi connectivity index (χ1v) is 9.94. The van der Waals surface area contributed by atoms with Gasteiger partial charge in [0.05, 0.1) is 5.54 Å². The molecule has 2 aliphatic rings. The fourth-order valence-corrected chi connectivity index (χ4v) is 3.16. The number of unbranched alkanes of at least 4 members (excludes halogenated alkanes) is 2. The number of carbonyl (C=O) groups is 3. The summed E-state index contributed by atoms with van der Waals surface area (Å²) in [5.74, 6) is 0.688. The standard InChI is InChI=1S/C19H34N4O3.ClH/c1-15(2)14-17(25)23-12-10-22(11-13-23)16(24)6-4-3-5-9-21-18(26)19(20)7-8-19;/h15H,3-14,20H2,1-2H3,(H,21,26);1H. The van der Waals surface area contributed by atoms with Crippen molar-refractivity contribution in [3.8, 4) is 0 Å². The van der Waals surface area contributed by atoms with Crippen LogP contribution in [0.1, 0.15) is 58.8 Å². The van der Waals surface area contributed by atoms with Crippen molar-refractivity contribution in [2.75, 3.05) is 32.7 Å². The average molecular weight is 403 g/mol. The molecule has 0 atom stereocenters. The molecule has 1 heterocycles. The van der Waals surface area contributed by atoms with Crippen LogP contribution < -0.4 is 11.1 Å². The topological polar surface area (TPSA) is 95.7 Å². The Morgan fingerprint density at radius 1 is 0.963 bits per heavy atom. The van der Waals surface area contributed by atoms with Crippen molar-refractivity contribution in [3.63, 3.8) is 0 Å². The van der Waals surface area contributed by atoms with Gasteiger partial charge in [-0.25, -0.2) is 0 Å². The van der Waals surface area contributed by atoms with Gasteiger partial charge in [-0.15, -0.1) is 12.4 Å². The summed E-state index contributed by atoms with van der Waals surface area (Å²) >= 11 is 0. The van der Waals surface area contributed by atoms with Gasteiger partial charge in [-0.3, -0.25) is 14.4 Å². The van der Waals surface area contributed by atoms with E-state index in [4.69, 9.17) is 5.73 Å². The van der Waals surface area contributed by atoms with Gasteiger partial charge in [0.25, 0.3) is 0 Å². The Hall–Kier alpha value is -1.34. The highest BCUT2D eigenvalue weighted by atomic mass is 35.5. The van der Waals surface area contributed by atoms with E-state index < -0.39 is 5.54 Å². The van der Waals surface area contributed by atoms with Crippen LogP contribution in [0, 0.1) is 5.92 Å². The first kappa shape index (κ1) is 23.7. The third-order valence-electron chi connectivity index (χ3n) is 5.16. The molecule has 1 aliphatic carbocycles. The van der Waals surface area contributed by atoms with E-state index in [0.29, 0.717) is 51.5 Å². The van der Waals surface area contributed by atoms with Gasteiger partial charge in [0.2, 0.25) is 17.7 Å². The van der Waals surface area contributed by atoms with E-state index in [1.54, 1.807) is 0 Å². The number of hydrogen-bond acceptors (Lipinski definition) is 4. The Morgan fingerprint density at radius 3 is 2.04 bits per heavy atom. The SMILES string of the molecule is CC(C)CC(=O)N1CCN(C(=O)CCCCCNC(=O)C2(N)CC2)CC1.Cl. The molecular weight excluding hydrogens is 368 g/mol. The number of halogens is 1. The minimum absolute atomic E-state index is 0. The van der Waals surface area contributed by atoms with Gasteiger partial charge in [-0.1, -0.05) is 20.3 Å². The molecule has 2 rings (SSSR count). The average Bonchev–Trinajstić information content (AvgIpc) is 3.36. The van der Waals surface area contributed by atoms with Crippen LogP contribution in [0.4, 0.5) is 0 Å².